The zero-order chi connectivity index (χ0) is 20.8. The van der Waals surface area contributed by atoms with E-state index < -0.39 is 30.5 Å². The number of carbonyl (C=O) groups excluding carboxylic acids is 3. The molecule has 0 aromatic heterocycles. The van der Waals surface area contributed by atoms with Gasteiger partial charge < -0.3 is 20.5 Å². The molecule has 0 saturated heterocycles. The van der Waals surface area contributed by atoms with Crippen LogP contribution in [0.2, 0.25) is 0 Å². The van der Waals surface area contributed by atoms with Gasteiger partial charge in [0.05, 0.1) is 5.56 Å². The highest BCUT2D eigenvalue weighted by Gasteiger charge is 2.19. The van der Waals surface area contributed by atoms with Crippen LogP contribution in [0.3, 0.4) is 0 Å². The topological polar surface area (TPSA) is 108 Å². The third kappa shape index (κ3) is 5.10. The summed E-state index contributed by atoms with van der Waals surface area (Å²) >= 11 is 0. The van der Waals surface area contributed by atoms with Crippen LogP contribution in [0.25, 0.3) is 10.8 Å². The van der Waals surface area contributed by atoms with E-state index in [-0.39, 0.29) is 11.3 Å². The van der Waals surface area contributed by atoms with E-state index >= 15 is 0 Å². The van der Waals surface area contributed by atoms with Gasteiger partial charge in [-0.3, -0.25) is 9.59 Å². The van der Waals surface area contributed by atoms with Gasteiger partial charge in [-0.05, 0) is 42.0 Å². The lowest BCUT2D eigenvalue weighted by Crippen LogP contribution is -2.31. The second kappa shape index (κ2) is 8.88. The number of hydrogen-bond acceptors (Lipinski definition) is 5. The average Bonchev–Trinajstić information content (AvgIpc) is 2.72. The van der Waals surface area contributed by atoms with Crippen LogP contribution in [-0.4, -0.2) is 30.5 Å². The lowest BCUT2D eigenvalue weighted by atomic mass is 10.1. The summed E-state index contributed by atoms with van der Waals surface area (Å²) in [6.45, 7) is 1.00. The fraction of sp³-hybridized carbons (Fsp3) is 0.136. The van der Waals surface area contributed by atoms with Crippen LogP contribution in [0.15, 0.2) is 66.7 Å². The van der Waals surface area contributed by atoms with E-state index in [2.05, 4.69) is 5.32 Å². The maximum Gasteiger partial charge on any atom is 0.344 e. The zero-order valence-corrected chi connectivity index (χ0v) is 15.8. The minimum absolute atomic E-state index is 0.155. The van der Waals surface area contributed by atoms with Crippen molar-refractivity contribution >= 4 is 34.2 Å². The van der Waals surface area contributed by atoms with Crippen molar-refractivity contribution in [1.29, 1.82) is 0 Å². The molecule has 3 aromatic rings. The van der Waals surface area contributed by atoms with Gasteiger partial charge in [0.2, 0.25) is 0 Å². The Balaban J connectivity index is 1.55. The number of ether oxygens (including phenoxy) is 2. The smallest absolute Gasteiger partial charge is 0.344 e. The fourth-order valence-corrected chi connectivity index (χ4v) is 2.73. The number of rotatable bonds is 7. The number of anilines is 1. The zero-order valence-electron chi connectivity index (χ0n) is 15.8. The molecule has 0 spiro atoms. The number of benzene rings is 3. The second-order valence-corrected chi connectivity index (χ2v) is 6.33. The minimum Gasteiger partial charge on any atom is -0.481 e. The molecule has 0 fully saturated rings. The van der Waals surface area contributed by atoms with Crippen LogP contribution in [0, 0.1) is 0 Å². The summed E-state index contributed by atoms with van der Waals surface area (Å²) in [5.74, 6) is -1.71. The number of esters is 1. The predicted octanol–water partition coefficient (Wildman–Crippen LogP) is 2.89. The van der Waals surface area contributed by atoms with E-state index in [9.17, 15) is 14.4 Å². The van der Waals surface area contributed by atoms with Crippen LogP contribution in [0.1, 0.15) is 17.3 Å². The Morgan fingerprint density at radius 1 is 0.966 bits per heavy atom. The van der Waals surface area contributed by atoms with Gasteiger partial charge in [-0.2, -0.15) is 0 Å². The number of fused-ring (bicyclic) bond motifs is 1. The molecule has 1 atom stereocenters. The standard InChI is InChI=1S/C22H20N2O5/c1-14(22(27)24-17-11-10-15-6-2-3-7-16(15)12-17)29-20(25)13-28-19-9-5-4-8-18(19)21(23)26/h2-12,14H,13H2,1H3,(H2,23,26)(H,24,27)/t14-/m0/s1. The van der Waals surface area contributed by atoms with Crippen molar-refractivity contribution in [2.45, 2.75) is 13.0 Å². The number of nitrogens with one attached hydrogen (secondary N) is 1. The third-order valence-corrected chi connectivity index (χ3v) is 4.19. The first-order chi connectivity index (χ1) is 13.9. The molecule has 0 bridgehead atoms. The Morgan fingerprint density at radius 2 is 1.66 bits per heavy atom. The molecule has 0 unspecified atom stereocenters. The molecule has 0 heterocycles. The molecule has 148 valence electrons. The van der Waals surface area contributed by atoms with E-state index in [0.717, 1.165) is 10.8 Å². The van der Waals surface area contributed by atoms with Gasteiger partial charge in [-0.1, -0.05) is 42.5 Å². The van der Waals surface area contributed by atoms with Gasteiger partial charge in [0.1, 0.15) is 5.75 Å². The number of para-hydroxylation sites is 1. The summed E-state index contributed by atoms with van der Waals surface area (Å²) in [7, 11) is 0. The number of amides is 2. The Morgan fingerprint density at radius 3 is 2.41 bits per heavy atom. The summed E-state index contributed by atoms with van der Waals surface area (Å²) in [6, 6.07) is 19.6. The average molecular weight is 392 g/mol. The summed E-state index contributed by atoms with van der Waals surface area (Å²) in [4.78, 5) is 35.7. The second-order valence-electron chi connectivity index (χ2n) is 6.33. The molecule has 3 N–H and O–H groups in total. The van der Waals surface area contributed by atoms with E-state index in [1.807, 2.05) is 36.4 Å². The molecule has 2 amide bonds. The normalized spacial score (nSPS) is 11.5. The molecular weight excluding hydrogens is 372 g/mol. The Labute approximate surface area is 167 Å². The van der Waals surface area contributed by atoms with Crippen molar-refractivity contribution in [3.05, 3.63) is 72.3 Å². The largest absolute Gasteiger partial charge is 0.481 e. The van der Waals surface area contributed by atoms with Crippen molar-refractivity contribution < 1.29 is 23.9 Å². The summed E-state index contributed by atoms with van der Waals surface area (Å²) < 4.78 is 10.4. The Bertz CT molecular complexity index is 1060. The molecule has 3 rings (SSSR count). The Hall–Kier alpha value is -3.87. The quantitative estimate of drug-likeness (QED) is 0.601. The minimum atomic E-state index is -1.02. The van der Waals surface area contributed by atoms with Crippen molar-refractivity contribution in [2.24, 2.45) is 5.73 Å². The Kier molecular flexibility index (Phi) is 6.09. The molecular formula is C22H20N2O5. The number of carbonyl (C=O) groups is 3. The number of nitrogens with two attached hydrogens (primary N) is 1. The molecule has 7 nitrogen and oxygen atoms in total. The van der Waals surface area contributed by atoms with Crippen molar-refractivity contribution in [3.63, 3.8) is 0 Å². The summed E-state index contributed by atoms with van der Waals surface area (Å²) in [6.07, 6.45) is -1.02. The van der Waals surface area contributed by atoms with Crippen LogP contribution in [-0.2, 0) is 14.3 Å². The highest BCUT2D eigenvalue weighted by molar-refractivity contribution is 5.97. The monoisotopic (exact) mass is 392 g/mol. The maximum atomic E-state index is 12.3. The first-order valence-electron chi connectivity index (χ1n) is 8.95. The van der Waals surface area contributed by atoms with E-state index in [1.165, 1.54) is 19.1 Å². The van der Waals surface area contributed by atoms with Gasteiger partial charge in [0, 0.05) is 5.69 Å². The molecule has 7 heteroatoms. The molecule has 0 aliphatic rings. The van der Waals surface area contributed by atoms with E-state index in [1.54, 1.807) is 18.2 Å². The number of primary amides is 1. The van der Waals surface area contributed by atoms with Gasteiger partial charge in [0.25, 0.3) is 11.8 Å². The van der Waals surface area contributed by atoms with E-state index in [4.69, 9.17) is 15.2 Å². The molecule has 0 aliphatic carbocycles. The highest BCUT2D eigenvalue weighted by atomic mass is 16.6. The first kappa shape index (κ1) is 19.9. The van der Waals surface area contributed by atoms with E-state index in [0.29, 0.717) is 5.69 Å². The van der Waals surface area contributed by atoms with Crippen molar-refractivity contribution in [1.82, 2.24) is 0 Å². The van der Waals surface area contributed by atoms with Crippen molar-refractivity contribution in [2.75, 3.05) is 11.9 Å². The van der Waals surface area contributed by atoms with Crippen LogP contribution < -0.4 is 15.8 Å². The maximum absolute atomic E-state index is 12.3. The van der Waals surface area contributed by atoms with Gasteiger partial charge >= 0.3 is 5.97 Å². The lowest BCUT2D eigenvalue weighted by Gasteiger charge is -2.15. The van der Waals surface area contributed by atoms with Gasteiger partial charge in [-0.25, -0.2) is 4.79 Å². The molecule has 29 heavy (non-hydrogen) atoms. The molecule has 0 aliphatic heterocycles. The molecule has 0 saturated carbocycles. The first-order valence-corrected chi connectivity index (χ1v) is 8.95. The van der Waals surface area contributed by atoms with Crippen LogP contribution in [0.5, 0.6) is 5.75 Å². The van der Waals surface area contributed by atoms with Crippen LogP contribution >= 0.6 is 0 Å². The van der Waals surface area contributed by atoms with Crippen molar-refractivity contribution in [3.8, 4) is 5.75 Å². The predicted molar refractivity (Wildman–Crippen MR) is 109 cm³/mol. The van der Waals surface area contributed by atoms with Crippen LogP contribution in [0.4, 0.5) is 5.69 Å². The van der Waals surface area contributed by atoms with Gasteiger partial charge in [-0.15, -0.1) is 0 Å². The molecule has 3 aromatic carbocycles. The summed E-state index contributed by atoms with van der Waals surface area (Å²) in [5, 5.41) is 4.76. The fourth-order valence-electron chi connectivity index (χ4n) is 2.73. The third-order valence-electron chi connectivity index (χ3n) is 4.19. The van der Waals surface area contributed by atoms with Gasteiger partial charge in [0.15, 0.2) is 12.7 Å². The summed E-state index contributed by atoms with van der Waals surface area (Å²) in [5.41, 5.74) is 6.02. The molecule has 0 radical (unpaired) electrons. The lowest BCUT2D eigenvalue weighted by molar-refractivity contribution is -0.155. The highest BCUT2D eigenvalue weighted by Crippen LogP contribution is 2.19. The SMILES string of the molecule is C[C@H](OC(=O)COc1ccccc1C(N)=O)C(=O)Nc1ccc2ccccc2c1. The number of hydrogen-bond donors (Lipinski definition) is 2.